The van der Waals surface area contributed by atoms with Gasteiger partial charge in [0.15, 0.2) is 5.60 Å². The molecule has 0 radical (unpaired) electrons. The molecule has 0 unspecified atom stereocenters. The molecule has 9 atom stereocenters. The monoisotopic (exact) mass is 502 g/mol. The number of esters is 3. The van der Waals surface area contributed by atoms with Gasteiger partial charge in [-0.15, -0.1) is 0 Å². The maximum atomic E-state index is 14.3. The highest BCUT2D eigenvalue weighted by Crippen LogP contribution is 2.75. The first-order valence-electron chi connectivity index (χ1n) is 12.2. The Morgan fingerprint density at radius 3 is 2.53 bits per heavy atom. The Morgan fingerprint density at radius 1 is 1.17 bits per heavy atom. The Morgan fingerprint density at radius 2 is 1.89 bits per heavy atom. The van der Waals surface area contributed by atoms with Gasteiger partial charge in [-0.25, -0.2) is 4.79 Å². The zero-order valence-corrected chi connectivity index (χ0v) is 20.9. The van der Waals surface area contributed by atoms with Crippen molar-refractivity contribution in [2.24, 2.45) is 28.1 Å². The Labute approximate surface area is 207 Å². The fourth-order valence-corrected chi connectivity index (χ4v) is 8.54. The fourth-order valence-electron chi connectivity index (χ4n) is 8.54. The number of methoxy groups -OCH3 is 1. The number of Topliss-reactive ketones (excluding diaryl/α,β-unsaturated/α-hetero) is 1. The highest BCUT2D eigenvalue weighted by atomic mass is 16.6. The lowest BCUT2D eigenvalue weighted by Crippen LogP contribution is -2.65. The minimum atomic E-state index is -1.39. The molecule has 5 aliphatic rings. The molecule has 4 heterocycles. The molecule has 6 rings (SSSR count). The van der Waals surface area contributed by atoms with Gasteiger partial charge < -0.3 is 28.5 Å². The second-order valence-electron chi connectivity index (χ2n) is 12.0. The van der Waals surface area contributed by atoms with Crippen LogP contribution in [0.5, 0.6) is 0 Å². The zero-order chi connectivity index (χ0) is 26.1. The van der Waals surface area contributed by atoms with Crippen molar-refractivity contribution in [1.82, 2.24) is 0 Å². The molecule has 3 saturated heterocycles. The Balaban J connectivity index is 1.54. The van der Waals surface area contributed by atoms with E-state index in [1.807, 2.05) is 6.92 Å². The average molecular weight is 503 g/mol. The second kappa shape index (κ2) is 6.77. The summed E-state index contributed by atoms with van der Waals surface area (Å²) in [4.78, 5) is 53.3. The topological polar surface area (TPSA) is 139 Å². The normalized spacial score (nSPS) is 46.9. The number of fused-ring (bicyclic) bond motifs is 3. The lowest BCUT2D eigenvalue weighted by molar-refractivity contribution is -0.199. The van der Waals surface area contributed by atoms with Gasteiger partial charge in [0.25, 0.3) is 0 Å². The molecule has 1 aromatic rings. The van der Waals surface area contributed by atoms with E-state index in [2.05, 4.69) is 0 Å². The first kappa shape index (κ1) is 23.7. The zero-order valence-electron chi connectivity index (χ0n) is 20.9. The molecule has 194 valence electrons. The number of ether oxygens (including phenoxy) is 4. The number of aliphatic hydroxyl groups is 1. The first-order chi connectivity index (χ1) is 16.8. The van der Waals surface area contributed by atoms with Crippen molar-refractivity contribution in [3.8, 4) is 0 Å². The van der Waals surface area contributed by atoms with Crippen LogP contribution in [0.15, 0.2) is 23.0 Å². The van der Waals surface area contributed by atoms with Crippen LogP contribution in [0.3, 0.4) is 0 Å². The summed E-state index contributed by atoms with van der Waals surface area (Å²) >= 11 is 0. The predicted octanol–water partition coefficient (Wildman–Crippen LogP) is 1.88. The largest absolute Gasteiger partial charge is 0.472 e. The lowest BCUT2D eigenvalue weighted by Gasteiger charge is -2.50. The molecule has 0 aromatic carbocycles. The van der Waals surface area contributed by atoms with Crippen LogP contribution in [0.1, 0.15) is 58.6 Å². The minimum Gasteiger partial charge on any atom is -0.472 e. The number of carbonyl (C=O) groups is 4. The van der Waals surface area contributed by atoms with Crippen molar-refractivity contribution in [1.29, 1.82) is 0 Å². The van der Waals surface area contributed by atoms with Crippen molar-refractivity contribution < 1.29 is 47.6 Å². The molecule has 10 nitrogen and oxygen atoms in total. The summed E-state index contributed by atoms with van der Waals surface area (Å²) in [6.45, 7) is 6.86. The van der Waals surface area contributed by atoms with Crippen molar-refractivity contribution in [2.75, 3.05) is 7.11 Å². The Kier molecular flexibility index (Phi) is 4.45. The third-order valence-electron chi connectivity index (χ3n) is 10.2. The molecule has 1 N–H and O–H groups in total. The molecular weight excluding hydrogens is 472 g/mol. The summed E-state index contributed by atoms with van der Waals surface area (Å²) in [6, 6.07) is 1.65. The molecule has 3 aliphatic heterocycles. The summed E-state index contributed by atoms with van der Waals surface area (Å²) < 4.78 is 28.5. The number of furan rings is 1. The Bertz CT molecular complexity index is 1190. The molecule has 5 fully saturated rings. The van der Waals surface area contributed by atoms with Crippen molar-refractivity contribution in [2.45, 2.75) is 76.5 Å². The molecule has 1 aromatic heterocycles. The molecule has 0 bridgehead atoms. The third kappa shape index (κ3) is 2.27. The van der Waals surface area contributed by atoms with Gasteiger partial charge in [-0.2, -0.15) is 0 Å². The van der Waals surface area contributed by atoms with Crippen molar-refractivity contribution >= 4 is 23.7 Å². The highest BCUT2D eigenvalue weighted by molar-refractivity contribution is 5.98. The van der Waals surface area contributed by atoms with E-state index in [0.717, 1.165) is 0 Å². The van der Waals surface area contributed by atoms with Gasteiger partial charge in [-0.3, -0.25) is 14.4 Å². The smallest absolute Gasteiger partial charge is 0.347 e. The van der Waals surface area contributed by atoms with Crippen LogP contribution in [-0.4, -0.2) is 59.3 Å². The number of ketones is 1. The van der Waals surface area contributed by atoms with E-state index in [0.29, 0.717) is 12.0 Å². The molecule has 0 amide bonds. The lowest BCUT2D eigenvalue weighted by atomic mass is 9.49. The summed E-state index contributed by atoms with van der Waals surface area (Å²) in [6.07, 6.45) is 0.0427. The summed E-state index contributed by atoms with van der Waals surface area (Å²) in [5.41, 5.74) is -5.86. The van der Waals surface area contributed by atoms with E-state index in [1.54, 1.807) is 26.8 Å². The molecule has 2 saturated carbocycles. The van der Waals surface area contributed by atoms with E-state index in [9.17, 15) is 24.3 Å². The van der Waals surface area contributed by atoms with Crippen molar-refractivity contribution in [3.63, 3.8) is 0 Å². The van der Waals surface area contributed by atoms with Gasteiger partial charge in [0.05, 0.1) is 44.2 Å². The summed E-state index contributed by atoms with van der Waals surface area (Å²) in [5.74, 6) is -4.00. The van der Waals surface area contributed by atoms with E-state index >= 15 is 0 Å². The third-order valence-corrected chi connectivity index (χ3v) is 10.2. The Hall–Kier alpha value is -2.72. The van der Waals surface area contributed by atoms with Crippen LogP contribution in [-0.2, 0) is 38.1 Å². The molecule has 10 heteroatoms. The van der Waals surface area contributed by atoms with Crippen LogP contribution in [0.4, 0.5) is 0 Å². The maximum absolute atomic E-state index is 14.3. The SMILES string of the molecule is COC(=O)[C@@H]1OC(=O)[C@@]2(C)[C@H]3O[C@@]45CC(=O)O[C@@]4(CC[C@@]5(C)[C@@H](O)c4ccoc4)[C@H]3C(=O)C(C)(C)[C@H]12. The first-order valence-corrected chi connectivity index (χ1v) is 12.2. The average Bonchev–Trinajstić information content (AvgIpc) is 3.59. The number of carbonyl (C=O) groups excluding carboxylic acids is 4. The quantitative estimate of drug-likeness (QED) is 0.481. The maximum Gasteiger partial charge on any atom is 0.347 e. The summed E-state index contributed by atoms with van der Waals surface area (Å²) in [5, 5.41) is 11.5. The van der Waals surface area contributed by atoms with E-state index < -0.39 is 75.5 Å². The number of hydrogen-bond acceptors (Lipinski definition) is 10. The fraction of sp³-hybridized carbons (Fsp3) is 0.692. The number of hydrogen-bond donors (Lipinski definition) is 1. The van der Waals surface area contributed by atoms with Crippen LogP contribution < -0.4 is 0 Å². The minimum absolute atomic E-state index is 0.171. The highest BCUT2D eigenvalue weighted by Gasteiger charge is 2.88. The van der Waals surface area contributed by atoms with Gasteiger partial charge in [0.1, 0.15) is 16.8 Å². The van der Waals surface area contributed by atoms with Crippen LogP contribution in [0, 0.1) is 28.1 Å². The number of cyclic esters (lactones) is 1. The van der Waals surface area contributed by atoms with E-state index in [-0.39, 0.29) is 18.6 Å². The van der Waals surface area contributed by atoms with Gasteiger partial charge in [0.2, 0.25) is 6.10 Å². The van der Waals surface area contributed by atoms with Crippen molar-refractivity contribution in [3.05, 3.63) is 24.2 Å². The molecular formula is C26H30O10. The summed E-state index contributed by atoms with van der Waals surface area (Å²) in [7, 11) is 1.20. The number of aliphatic hydroxyl groups excluding tert-OH is 1. The second-order valence-corrected chi connectivity index (χ2v) is 12.0. The van der Waals surface area contributed by atoms with Crippen LogP contribution >= 0.6 is 0 Å². The molecule has 0 spiro atoms. The molecule has 36 heavy (non-hydrogen) atoms. The van der Waals surface area contributed by atoms with Crippen LogP contribution in [0.25, 0.3) is 0 Å². The molecule has 2 aliphatic carbocycles. The van der Waals surface area contributed by atoms with Gasteiger partial charge >= 0.3 is 17.9 Å². The predicted molar refractivity (Wildman–Crippen MR) is 118 cm³/mol. The van der Waals surface area contributed by atoms with Gasteiger partial charge in [-0.05, 0) is 25.8 Å². The number of rotatable bonds is 3. The van der Waals surface area contributed by atoms with Gasteiger partial charge in [0, 0.05) is 22.3 Å². The van der Waals surface area contributed by atoms with Crippen LogP contribution in [0.2, 0.25) is 0 Å². The van der Waals surface area contributed by atoms with Gasteiger partial charge in [-0.1, -0.05) is 20.8 Å². The van der Waals surface area contributed by atoms with E-state index in [4.69, 9.17) is 23.4 Å². The standard InChI is InChI=1S/C26H30O10/c1-22(2)16-15(20(30)32-5)34-21(31)24(16,4)19-14(18(22)29)25-8-7-23(3,17(28)12-6-9-33-11-12)26(25,36-19)10-13(27)35-25/h6,9,11,14-17,19,28H,7-8,10H2,1-5H3/t14-,15+,16-,17-,19-,23-,24+,25-,26+/m0/s1. The van der Waals surface area contributed by atoms with E-state index in [1.165, 1.54) is 19.6 Å².